The Hall–Kier alpha value is -3.16. The normalized spacial score (nSPS) is 20.1. The molecule has 1 aromatic carbocycles. The largest absolute Gasteiger partial charge is 0.480 e. The maximum Gasteiger partial charge on any atom is 0.326 e. The van der Waals surface area contributed by atoms with Crippen LogP contribution < -0.4 is 16.0 Å². The van der Waals surface area contributed by atoms with Crippen LogP contribution in [0.4, 0.5) is 0 Å². The lowest BCUT2D eigenvalue weighted by molar-refractivity contribution is -0.143. The summed E-state index contributed by atoms with van der Waals surface area (Å²) >= 11 is 0. The molecule has 0 bridgehead atoms. The Kier molecular flexibility index (Phi) is 7.10. The molecule has 1 heterocycles. The number of rotatable bonds is 9. The first-order valence-electron chi connectivity index (χ1n) is 8.68. The van der Waals surface area contributed by atoms with Crippen molar-refractivity contribution < 1.29 is 24.3 Å². The van der Waals surface area contributed by atoms with E-state index in [0.717, 1.165) is 5.56 Å². The average molecular weight is 373 g/mol. The van der Waals surface area contributed by atoms with Crippen LogP contribution in [0.25, 0.3) is 0 Å². The summed E-state index contributed by atoms with van der Waals surface area (Å²) in [6.07, 6.45) is 2.21. The Morgan fingerprint density at radius 3 is 2.41 bits per heavy atom. The van der Waals surface area contributed by atoms with Gasteiger partial charge in [0.15, 0.2) is 0 Å². The van der Waals surface area contributed by atoms with E-state index in [1.807, 2.05) is 30.3 Å². The van der Waals surface area contributed by atoms with Crippen molar-refractivity contribution in [2.24, 2.45) is 0 Å². The van der Waals surface area contributed by atoms with Gasteiger partial charge >= 0.3 is 5.97 Å². The molecule has 1 aromatic rings. The molecule has 27 heavy (non-hydrogen) atoms. The second-order valence-electron chi connectivity index (χ2n) is 6.34. The molecule has 0 radical (unpaired) electrons. The topological polar surface area (TPSA) is 125 Å². The van der Waals surface area contributed by atoms with Crippen LogP contribution in [0.1, 0.15) is 24.8 Å². The highest BCUT2D eigenvalue weighted by Crippen LogP contribution is 2.09. The highest BCUT2D eigenvalue weighted by atomic mass is 16.4. The molecule has 0 spiro atoms. The van der Waals surface area contributed by atoms with Crippen LogP contribution in [0.15, 0.2) is 43.0 Å². The number of hydrogen-bond acceptors (Lipinski definition) is 4. The van der Waals surface area contributed by atoms with Gasteiger partial charge in [-0.1, -0.05) is 36.4 Å². The Morgan fingerprint density at radius 1 is 1.15 bits per heavy atom. The van der Waals surface area contributed by atoms with Gasteiger partial charge in [-0.25, -0.2) is 4.79 Å². The van der Waals surface area contributed by atoms with Gasteiger partial charge in [-0.15, -0.1) is 6.58 Å². The van der Waals surface area contributed by atoms with E-state index in [0.29, 0.717) is 12.8 Å². The van der Waals surface area contributed by atoms with Gasteiger partial charge in [-0.3, -0.25) is 14.4 Å². The van der Waals surface area contributed by atoms with Gasteiger partial charge in [0, 0.05) is 6.42 Å². The van der Waals surface area contributed by atoms with Crippen molar-refractivity contribution in [2.75, 3.05) is 0 Å². The number of carboxylic acid groups (broad SMARTS) is 1. The summed E-state index contributed by atoms with van der Waals surface area (Å²) in [5.74, 6) is -2.62. The summed E-state index contributed by atoms with van der Waals surface area (Å²) in [4.78, 5) is 47.7. The molecule has 1 saturated heterocycles. The minimum Gasteiger partial charge on any atom is -0.480 e. The zero-order chi connectivity index (χ0) is 19.8. The van der Waals surface area contributed by atoms with E-state index in [4.69, 9.17) is 5.11 Å². The lowest BCUT2D eigenvalue weighted by Crippen LogP contribution is -2.63. The third kappa shape index (κ3) is 5.95. The van der Waals surface area contributed by atoms with Crippen molar-refractivity contribution in [1.82, 2.24) is 16.0 Å². The highest BCUT2D eigenvalue weighted by molar-refractivity contribution is 5.99. The Morgan fingerprint density at radius 2 is 1.78 bits per heavy atom. The highest BCUT2D eigenvalue weighted by Gasteiger charge is 2.35. The number of allylic oxidation sites excluding steroid dienone is 1. The van der Waals surface area contributed by atoms with E-state index in [9.17, 15) is 19.2 Å². The third-order valence-corrected chi connectivity index (χ3v) is 4.23. The molecule has 2 rings (SSSR count). The summed E-state index contributed by atoms with van der Waals surface area (Å²) < 4.78 is 0. The monoisotopic (exact) mass is 373 g/mol. The fraction of sp³-hybridized carbons (Fsp3) is 0.368. The Balaban J connectivity index is 1.90. The molecule has 144 valence electrons. The molecular weight excluding hydrogens is 350 g/mol. The number of carbonyl (C=O) groups excluding carboxylic acids is 3. The summed E-state index contributed by atoms with van der Waals surface area (Å²) in [6, 6.07) is 6.45. The van der Waals surface area contributed by atoms with Gasteiger partial charge in [0.1, 0.15) is 18.1 Å². The second-order valence-corrected chi connectivity index (χ2v) is 6.34. The van der Waals surface area contributed by atoms with Crippen molar-refractivity contribution in [3.8, 4) is 0 Å². The molecule has 8 heteroatoms. The predicted octanol–water partition coefficient (Wildman–Crippen LogP) is 0.138. The van der Waals surface area contributed by atoms with E-state index in [1.54, 1.807) is 6.08 Å². The quantitative estimate of drug-likeness (QED) is 0.458. The first-order chi connectivity index (χ1) is 12.9. The lowest BCUT2D eigenvalue weighted by Gasteiger charge is -2.29. The number of carboxylic acids is 1. The molecule has 1 aliphatic heterocycles. The first-order valence-corrected chi connectivity index (χ1v) is 8.68. The summed E-state index contributed by atoms with van der Waals surface area (Å²) in [7, 11) is 0. The minimum atomic E-state index is -1.16. The number of aliphatic carboxylic acids is 1. The number of nitrogens with one attached hydrogen (secondary N) is 3. The van der Waals surface area contributed by atoms with Crippen molar-refractivity contribution in [3.05, 3.63) is 48.6 Å². The van der Waals surface area contributed by atoms with E-state index < -0.39 is 35.9 Å². The number of benzene rings is 1. The van der Waals surface area contributed by atoms with Crippen molar-refractivity contribution in [1.29, 1.82) is 0 Å². The fourth-order valence-electron chi connectivity index (χ4n) is 2.79. The summed E-state index contributed by atoms with van der Waals surface area (Å²) in [5, 5.41) is 16.7. The first kappa shape index (κ1) is 20.2. The van der Waals surface area contributed by atoms with Crippen LogP contribution in [0, 0.1) is 0 Å². The van der Waals surface area contributed by atoms with Gasteiger partial charge in [-0.05, 0) is 18.4 Å². The van der Waals surface area contributed by atoms with E-state index in [1.165, 1.54) is 0 Å². The standard InChI is InChI=1S/C19H23N3O5/c1-2-3-9-13(19(26)27)20-16(23)11-15-18(25)21-14(17(24)22-15)10-12-7-5-4-6-8-12/h2,4-8,13-15H,1,3,9-11H2,(H,20,23)(H,21,25)(H,22,24)(H,26,27)/t13-,14+,15+/m1/s1. The molecule has 0 unspecified atom stereocenters. The summed E-state index contributed by atoms with van der Waals surface area (Å²) in [5.41, 5.74) is 0.903. The zero-order valence-electron chi connectivity index (χ0n) is 14.8. The number of amides is 3. The molecule has 1 aliphatic rings. The van der Waals surface area contributed by atoms with E-state index >= 15 is 0 Å². The SMILES string of the molecule is C=CCC[C@@H](NC(=O)C[C@@H]1NC(=O)[C@H](Cc2ccccc2)NC1=O)C(=O)O. The minimum absolute atomic E-state index is 0.201. The lowest BCUT2D eigenvalue weighted by atomic mass is 10.0. The maximum absolute atomic E-state index is 12.2. The van der Waals surface area contributed by atoms with Crippen LogP contribution in [0.3, 0.4) is 0 Å². The van der Waals surface area contributed by atoms with Crippen LogP contribution >= 0.6 is 0 Å². The molecule has 1 fully saturated rings. The molecule has 0 aliphatic carbocycles. The molecule has 3 atom stereocenters. The smallest absolute Gasteiger partial charge is 0.326 e. The third-order valence-electron chi connectivity index (χ3n) is 4.23. The molecule has 3 amide bonds. The van der Waals surface area contributed by atoms with Crippen molar-refractivity contribution in [3.63, 3.8) is 0 Å². The molecule has 8 nitrogen and oxygen atoms in total. The Labute approximate surface area is 157 Å². The summed E-state index contributed by atoms with van der Waals surface area (Å²) in [6.45, 7) is 3.51. The van der Waals surface area contributed by atoms with E-state index in [-0.39, 0.29) is 18.7 Å². The van der Waals surface area contributed by atoms with Gasteiger partial charge in [0.2, 0.25) is 17.7 Å². The fourth-order valence-corrected chi connectivity index (χ4v) is 2.79. The number of hydrogen-bond donors (Lipinski definition) is 4. The Bertz CT molecular complexity index is 719. The van der Waals surface area contributed by atoms with Gasteiger partial charge in [0.05, 0.1) is 6.42 Å². The molecule has 4 N–H and O–H groups in total. The van der Waals surface area contributed by atoms with Crippen LogP contribution in [-0.2, 0) is 25.6 Å². The van der Waals surface area contributed by atoms with Crippen molar-refractivity contribution >= 4 is 23.7 Å². The van der Waals surface area contributed by atoms with Crippen molar-refractivity contribution in [2.45, 2.75) is 43.8 Å². The molecule has 0 saturated carbocycles. The molecular formula is C19H23N3O5. The van der Waals surface area contributed by atoms with Gasteiger partial charge in [-0.2, -0.15) is 0 Å². The van der Waals surface area contributed by atoms with E-state index in [2.05, 4.69) is 22.5 Å². The molecule has 0 aromatic heterocycles. The van der Waals surface area contributed by atoms with Gasteiger partial charge < -0.3 is 21.1 Å². The predicted molar refractivity (Wildman–Crippen MR) is 97.6 cm³/mol. The van der Waals surface area contributed by atoms with Gasteiger partial charge in [0.25, 0.3) is 0 Å². The maximum atomic E-state index is 12.2. The second kappa shape index (κ2) is 9.51. The van der Waals surface area contributed by atoms with Crippen LogP contribution in [0.5, 0.6) is 0 Å². The average Bonchev–Trinajstić information content (AvgIpc) is 2.63. The van der Waals surface area contributed by atoms with Crippen LogP contribution in [-0.4, -0.2) is 46.9 Å². The number of piperazine rings is 1. The van der Waals surface area contributed by atoms with Crippen LogP contribution in [0.2, 0.25) is 0 Å². The number of carbonyl (C=O) groups is 4. The zero-order valence-corrected chi connectivity index (χ0v) is 14.8.